The summed E-state index contributed by atoms with van der Waals surface area (Å²) in [5.74, 6) is 1.09. The van der Waals surface area contributed by atoms with Crippen molar-refractivity contribution in [2.24, 2.45) is 11.7 Å². The summed E-state index contributed by atoms with van der Waals surface area (Å²) < 4.78 is 5.37. The van der Waals surface area contributed by atoms with Crippen LogP contribution in [0.25, 0.3) is 10.8 Å². The Morgan fingerprint density at radius 3 is 2.88 bits per heavy atom. The van der Waals surface area contributed by atoms with E-state index in [1.54, 1.807) is 6.26 Å². The number of piperidine rings is 1. The van der Waals surface area contributed by atoms with Gasteiger partial charge in [0, 0.05) is 24.0 Å². The molecule has 134 valence electrons. The van der Waals surface area contributed by atoms with Crippen LogP contribution in [0.5, 0.6) is 0 Å². The molecule has 1 amide bonds. The molecule has 2 aromatic heterocycles. The van der Waals surface area contributed by atoms with Gasteiger partial charge in [0.25, 0.3) is 5.91 Å². The Labute approximate surface area is 158 Å². The van der Waals surface area contributed by atoms with Crippen LogP contribution in [0.4, 0.5) is 0 Å². The molecular weight excluding hydrogens is 369 g/mol. The minimum absolute atomic E-state index is 0. The first kappa shape index (κ1) is 21.0. The van der Waals surface area contributed by atoms with Gasteiger partial charge in [-0.15, -0.1) is 36.2 Å². The van der Waals surface area contributed by atoms with Crippen LogP contribution in [0.3, 0.4) is 0 Å². The van der Waals surface area contributed by atoms with E-state index in [2.05, 4.69) is 4.98 Å². The Bertz CT molecular complexity index is 658. The molecule has 8 heteroatoms. The molecular formula is C16H23Cl2N3O2S. The third kappa shape index (κ3) is 4.30. The lowest BCUT2D eigenvalue weighted by Gasteiger charge is -2.34. The zero-order valence-corrected chi connectivity index (χ0v) is 16.2. The number of nitrogens with two attached hydrogens (primary N) is 1. The zero-order valence-electron chi connectivity index (χ0n) is 13.7. The lowest BCUT2D eigenvalue weighted by Crippen LogP contribution is -2.45. The number of likely N-dealkylation sites (tertiary alicyclic amines) is 1. The van der Waals surface area contributed by atoms with Crippen LogP contribution in [-0.4, -0.2) is 34.9 Å². The number of halogens is 2. The van der Waals surface area contributed by atoms with Crippen molar-refractivity contribution in [3.8, 4) is 10.8 Å². The van der Waals surface area contributed by atoms with E-state index in [9.17, 15) is 4.79 Å². The molecule has 2 N–H and O–H groups in total. The average Bonchev–Trinajstić information content (AvgIpc) is 3.16. The van der Waals surface area contributed by atoms with Crippen molar-refractivity contribution < 1.29 is 9.21 Å². The van der Waals surface area contributed by atoms with Crippen molar-refractivity contribution in [1.29, 1.82) is 0 Å². The number of amides is 1. The van der Waals surface area contributed by atoms with E-state index < -0.39 is 0 Å². The summed E-state index contributed by atoms with van der Waals surface area (Å²) in [6.07, 6.45) is 3.72. The van der Waals surface area contributed by atoms with Gasteiger partial charge in [0.15, 0.2) is 10.8 Å². The number of carbonyl (C=O) groups is 1. The van der Waals surface area contributed by atoms with Gasteiger partial charge in [-0.2, -0.15) is 0 Å². The second-order valence-electron chi connectivity index (χ2n) is 5.91. The first-order chi connectivity index (χ1) is 10.6. The van der Waals surface area contributed by atoms with Gasteiger partial charge in [0.1, 0.15) is 5.69 Å². The number of nitrogens with zero attached hydrogens (tertiary/aromatic N) is 2. The van der Waals surface area contributed by atoms with E-state index in [4.69, 9.17) is 10.2 Å². The summed E-state index contributed by atoms with van der Waals surface area (Å²) in [7, 11) is 0. The van der Waals surface area contributed by atoms with Gasteiger partial charge in [-0.1, -0.05) is 0 Å². The monoisotopic (exact) mass is 391 g/mol. The molecule has 2 unspecified atom stereocenters. The van der Waals surface area contributed by atoms with E-state index in [-0.39, 0.29) is 36.8 Å². The molecule has 0 aromatic carbocycles. The SMILES string of the molecule is Cc1sc(-c2ccco2)nc1C(=O)N1CCCC(C(C)N)C1.Cl.Cl. The van der Waals surface area contributed by atoms with E-state index in [1.165, 1.54) is 11.3 Å². The molecule has 1 fully saturated rings. The highest BCUT2D eigenvalue weighted by Gasteiger charge is 2.29. The second-order valence-corrected chi connectivity index (χ2v) is 7.12. The molecule has 24 heavy (non-hydrogen) atoms. The standard InChI is InChI=1S/C16H21N3O2S.2ClH/c1-10(17)12-5-3-7-19(9-12)16(20)14-11(2)22-15(18-14)13-6-4-8-21-13;;/h4,6,8,10,12H,3,5,7,9,17H2,1-2H3;2*1H. The fraction of sp³-hybridized carbons (Fsp3) is 0.500. The van der Waals surface area contributed by atoms with E-state index >= 15 is 0 Å². The summed E-state index contributed by atoms with van der Waals surface area (Å²) in [5, 5.41) is 0.756. The summed E-state index contributed by atoms with van der Waals surface area (Å²) in [4.78, 5) is 20.1. The van der Waals surface area contributed by atoms with Gasteiger partial charge in [-0.25, -0.2) is 4.98 Å². The number of furan rings is 1. The topological polar surface area (TPSA) is 72.4 Å². The molecule has 5 nitrogen and oxygen atoms in total. The molecule has 2 atom stereocenters. The van der Waals surface area contributed by atoms with Crippen molar-refractivity contribution in [2.45, 2.75) is 32.7 Å². The highest BCUT2D eigenvalue weighted by molar-refractivity contribution is 7.15. The van der Waals surface area contributed by atoms with Crippen LogP contribution in [0.2, 0.25) is 0 Å². The van der Waals surface area contributed by atoms with Crippen molar-refractivity contribution in [1.82, 2.24) is 9.88 Å². The molecule has 1 aliphatic heterocycles. The summed E-state index contributed by atoms with van der Waals surface area (Å²) in [6.45, 7) is 5.46. The van der Waals surface area contributed by atoms with Gasteiger partial charge < -0.3 is 15.1 Å². The third-order valence-electron chi connectivity index (χ3n) is 4.22. The fourth-order valence-electron chi connectivity index (χ4n) is 2.87. The minimum atomic E-state index is 0. The van der Waals surface area contributed by atoms with E-state index in [0.29, 0.717) is 17.4 Å². The predicted molar refractivity (Wildman–Crippen MR) is 101 cm³/mol. The van der Waals surface area contributed by atoms with Crippen LogP contribution in [0, 0.1) is 12.8 Å². The summed E-state index contributed by atoms with van der Waals surface area (Å²) in [6, 6.07) is 3.80. The second kappa shape index (κ2) is 8.85. The Hall–Kier alpha value is -1.08. The lowest BCUT2D eigenvalue weighted by molar-refractivity contribution is 0.0655. The molecule has 3 heterocycles. The number of carbonyl (C=O) groups excluding carboxylic acids is 1. The number of thiazole rings is 1. The highest BCUT2D eigenvalue weighted by atomic mass is 35.5. The van der Waals surface area contributed by atoms with Crippen LogP contribution in [-0.2, 0) is 0 Å². The first-order valence-corrected chi connectivity index (χ1v) is 8.44. The van der Waals surface area contributed by atoms with Crippen molar-refractivity contribution in [2.75, 3.05) is 13.1 Å². The van der Waals surface area contributed by atoms with Gasteiger partial charge in [0.05, 0.1) is 6.26 Å². The molecule has 2 aromatic rings. The predicted octanol–water partition coefficient (Wildman–Crippen LogP) is 3.75. The maximum Gasteiger partial charge on any atom is 0.273 e. The maximum absolute atomic E-state index is 12.8. The van der Waals surface area contributed by atoms with Crippen LogP contribution >= 0.6 is 36.2 Å². The quantitative estimate of drug-likeness (QED) is 0.864. The molecule has 1 aliphatic rings. The van der Waals surface area contributed by atoms with E-state index in [1.807, 2.05) is 30.9 Å². The van der Waals surface area contributed by atoms with Crippen LogP contribution in [0.1, 0.15) is 35.1 Å². The van der Waals surface area contributed by atoms with Gasteiger partial charge >= 0.3 is 0 Å². The Kier molecular flexibility index (Phi) is 7.73. The lowest BCUT2D eigenvalue weighted by atomic mass is 9.92. The maximum atomic E-state index is 12.8. The van der Waals surface area contributed by atoms with Crippen molar-refractivity contribution in [3.05, 3.63) is 29.0 Å². The number of rotatable bonds is 3. The number of hydrogen-bond acceptors (Lipinski definition) is 5. The van der Waals surface area contributed by atoms with Gasteiger partial charge in [-0.05, 0) is 44.7 Å². The van der Waals surface area contributed by atoms with Crippen molar-refractivity contribution >= 4 is 42.1 Å². The smallest absolute Gasteiger partial charge is 0.273 e. The largest absolute Gasteiger partial charge is 0.462 e. The molecule has 1 saturated heterocycles. The van der Waals surface area contributed by atoms with Gasteiger partial charge in [0.2, 0.25) is 0 Å². The van der Waals surface area contributed by atoms with Crippen LogP contribution < -0.4 is 5.73 Å². The summed E-state index contributed by atoms with van der Waals surface area (Å²) >= 11 is 1.49. The normalized spacial score (nSPS) is 18.5. The van der Waals surface area contributed by atoms with Gasteiger partial charge in [-0.3, -0.25) is 4.79 Å². The fourth-order valence-corrected chi connectivity index (χ4v) is 3.75. The third-order valence-corrected chi connectivity index (χ3v) is 5.21. The van der Waals surface area contributed by atoms with Crippen LogP contribution in [0.15, 0.2) is 22.8 Å². The molecule has 0 radical (unpaired) electrons. The van der Waals surface area contributed by atoms with Crippen molar-refractivity contribution in [3.63, 3.8) is 0 Å². The number of aromatic nitrogens is 1. The minimum Gasteiger partial charge on any atom is -0.462 e. The molecule has 0 aliphatic carbocycles. The molecule has 0 bridgehead atoms. The summed E-state index contributed by atoms with van der Waals surface area (Å²) in [5.41, 5.74) is 6.55. The molecule has 0 saturated carbocycles. The Balaban J connectivity index is 0.00000144. The molecule has 0 spiro atoms. The highest BCUT2D eigenvalue weighted by Crippen LogP contribution is 2.29. The Morgan fingerprint density at radius 2 is 2.25 bits per heavy atom. The zero-order chi connectivity index (χ0) is 15.7. The average molecular weight is 392 g/mol. The Morgan fingerprint density at radius 1 is 1.50 bits per heavy atom. The molecule has 3 rings (SSSR count). The number of hydrogen-bond donors (Lipinski definition) is 1. The first-order valence-electron chi connectivity index (χ1n) is 7.62. The van der Waals surface area contributed by atoms with E-state index in [0.717, 1.165) is 35.8 Å². The number of aryl methyl sites for hydroxylation is 1.